The summed E-state index contributed by atoms with van der Waals surface area (Å²) in [5.41, 5.74) is -0.240. The number of esters is 1. The summed E-state index contributed by atoms with van der Waals surface area (Å²) < 4.78 is 51.9. The number of anilines is 1. The molecular formula is C23H30ClFN2O8S. The zero-order chi connectivity index (χ0) is 27.0. The molecule has 1 unspecified atom stereocenters. The molecule has 0 aromatic heterocycles. The van der Waals surface area contributed by atoms with Crippen molar-refractivity contribution in [2.45, 2.75) is 57.7 Å². The Hall–Kier alpha value is -2.86. The molecule has 1 aromatic rings. The van der Waals surface area contributed by atoms with Crippen molar-refractivity contribution in [1.82, 2.24) is 5.32 Å². The average Bonchev–Trinajstić information content (AvgIpc) is 2.79. The van der Waals surface area contributed by atoms with Gasteiger partial charge in [-0.05, 0) is 56.7 Å². The van der Waals surface area contributed by atoms with Crippen LogP contribution in [0.25, 0.3) is 0 Å². The topological polar surface area (TPSA) is 139 Å². The predicted octanol–water partition coefficient (Wildman–Crippen LogP) is 3.84. The molecule has 0 heterocycles. The van der Waals surface area contributed by atoms with E-state index in [1.165, 1.54) is 6.08 Å². The van der Waals surface area contributed by atoms with E-state index in [0.717, 1.165) is 18.2 Å². The van der Waals surface area contributed by atoms with E-state index in [2.05, 4.69) is 5.32 Å². The Balaban J connectivity index is 2.39. The fraction of sp³-hybridized carbons (Fsp3) is 0.522. The quantitative estimate of drug-likeness (QED) is 0.314. The number of hydrogen-bond donors (Lipinski definition) is 2. The molecule has 0 aliphatic heterocycles. The molecule has 0 saturated heterocycles. The van der Waals surface area contributed by atoms with Crippen LogP contribution in [0, 0.1) is 11.7 Å². The standard InChI is InChI=1S/C23H30ClFN2O8S/c1-4-34-22(30)16-7-5-6-8-20(16)36(32,33)27(19-10-9-15(25)12-17(19)24)13-35-23(31)26-18(21(28)29)11-14(2)3/h7,9-10,12,14,18,20H,4-6,8,11,13H2,1-3H3,(H,26,31)(H,28,29)/t18-,20?/m0/s1. The number of aliphatic carboxylic acids is 1. The Kier molecular flexibility index (Phi) is 10.5. The van der Waals surface area contributed by atoms with E-state index in [4.69, 9.17) is 21.1 Å². The molecule has 10 nitrogen and oxygen atoms in total. The van der Waals surface area contributed by atoms with Crippen molar-refractivity contribution >= 4 is 45.3 Å². The second-order valence-electron chi connectivity index (χ2n) is 8.51. The number of carbonyl (C=O) groups is 3. The number of carboxylic acids is 1. The van der Waals surface area contributed by atoms with Gasteiger partial charge in [-0.1, -0.05) is 31.5 Å². The number of ether oxygens (including phenoxy) is 2. The number of sulfonamides is 1. The Labute approximate surface area is 214 Å². The fourth-order valence-corrected chi connectivity index (χ4v) is 5.94. The van der Waals surface area contributed by atoms with E-state index in [0.29, 0.717) is 17.1 Å². The van der Waals surface area contributed by atoms with Crippen LogP contribution in [0.5, 0.6) is 0 Å². The van der Waals surface area contributed by atoms with Gasteiger partial charge in [0.2, 0.25) is 10.0 Å². The van der Waals surface area contributed by atoms with Gasteiger partial charge in [-0.15, -0.1) is 0 Å². The minimum absolute atomic E-state index is 0.0425. The normalized spacial score (nSPS) is 16.6. The molecule has 2 N–H and O–H groups in total. The second-order valence-corrected chi connectivity index (χ2v) is 11.0. The molecule has 0 fully saturated rings. The lowest BCUT2D eigenvalue weighted by atomic mass is 9.99. The van der Waals surface area contributed by atoms with Crippen molar-refractivity contribution in [2.75, 3.05) is 17.6 Å². The van der Waals surface area contributed by atoms with Crippen LogP contribution in [-0.2, 0) is 29.1 Å². The monoisotopic (exact) mass is 548 g/mol. The summed E-state index contributed by atoms with van der Waals surface area (Å²) in [6.45, 7) is 4.27. The maximum atomic E-state index is 13.8. The molecule has 1 aromatic carbocycles. The number of nitrogens with one attached hydrogen (secondary N) is 1. The van der Waals surface area contributed by atoms with Gasteiger partial charge in [0.25, 0.3) is 0 Å². The summed E-state index contributed by atoms with van der Waals surface area (Å²) in [7, 11) is -4.45. The molecule has 200 valence electrons. The van der Waals surface area contributed by atoms with Crippen molar-refractivity contribution in [3.8, 4) is 0 Å². The first kappa shape index (κ1) is 29.4. The number of amides is 1. The van der Waals surface area contributed by atoms with Crippen molar-refractivity contribution in [2.24, 2.45) is 5.92 Å². The number of allylic oxidation sites excluding steroid dienone is 1. The molecular weight excluding hydrogens is 519 g/mol. The molecule has 36 heavy (non-hydrogen) atoms. The summed E-state index contributed by atoms with van der Waals surface area (Å²) >= 11 is 6.13. The largest absolute Gasteiger partial charge is 0.480 e. The van der Waals surface area contributed by atoms with Crippen LogP contribution in [-0.4, -0.2) is 56.2 Å². The Bertz CT molecular complexity index is 1110. The highest BCUT2D eigenvalue weighted by Crippen LogP contribution is 2.34. The number of carboxylic acid groups (broad SMARTS) is 1. The predicted molar refractivity (Wildman–Crippen MR) is 131 cm³/mol. The number of nitrogens with zero attached hydrogens (tertiary/aromatic N) is 1. The first-order valence-corrected chi connectivity index (χ1v) is 13.3. The summed E-state index contributed by atoms with van der Waals surface area (Å²) in [5, 5.41) is 9.92. The van der Waals surface area contributed by atoms with E-state index < -0.39 is 51.9 Å². The number of benzene rings is 1. The molecule has 1 aliphatic rings. The second kappa shape index (κ2) is 12.9. The zero-order valence-corrected chi connectivity index (χ0v) is 21.8. The van der Waals surface area contributed by atoms with Crippen LogP contribution >= 0.6 is 11.6 Å². The molecule has 0 bridgehead atoms. The van der Waals surface area contributed by atoms with Crippen LogP contribution in [0.2, 0.25) is 5.02 Å². The number of carbonyl (C=O) groups excluding carboxylic acids is 2. The van der Waals surface area contributed by atoms with Crippen LogP contribution in [0.4, 0.5) is 14.9 Å². The van der Waals surface area contributed by atoms with Gasteiger partial charge in [0.05, 0.1) is 22.9 Å². The van der Waals surface area contributed by atoms with Gasteiger partial charge in [0.1, 0.15) is 17.1 Å². The van der Waals surface area contributed by atoms with Gasteiger partial charge < -0.3 is 19.9 Å². The van der Waals surface area contributed by atoms with Crippen LogP contribution in [0.3, 0.4) is 0 Å². The van der Waals surface area contributed by atoms with Crippen molar-refractivity contribution in [1.29, 1.82) is 0 Å². The lowest BCUT2D eigenvalue weighted by molar-refractivity contribution is -0.140. The smallest absolute Gasteiger partial charge is 0.409 e. The van der Waals surface area contributed by atoms with E-state index in [1.807, 2.05) is 0 Å². The van der Waals surface area contributed by atoms with Gasteiger partial charge in [0, 0.05) is 0 Å². The van der Waals surface area contributed by atoms with Crippen molar-refractivity contribution in [3.05, 3.63) is 40.7 Å². The Morgan fingerprint density at radius 2 is 1.97 bits per heavy atom. The van der Waals surface area contributed by atoms with Crippen molar-refractivity contribution < 1.29 is 41.8 Å². The fourth-order valence-electron chi connectivity index (χ4n) is 3.70. The molecule has 2 rings (SSSR count). The third kappa shape index (κ3) is 7.57. The summed E-state index contributed by atoms with van der Waals surface area (Å²) in [5.74, 6) is -2.84. The SMILES string of the molecule is CCOC(=O)C1=CCCCC1S(=O)(=O)N(COC(=O)N[C@@H](CC(C)C)C(=O)O)c1ccc(F)cc1Cl. The van der Waals surface area contributed by atoms with E-state index >= 15 is 0 Å². The number of alkyl carbamates (subject to hydrolysis) is 1. The van der Waals surface area contributed by atoms with Crippen molar-refractivity contribution in [3.63, 3.8) is 0 Å². The zero-order valence-electron chi connectivity index (χ0n) is 20.2. The lowest BCUT2D eigenvalue weighted by Gasteiger charge is -2.31. The summed E-state index contributed by atoms with van der Waals surface area (Å²) in [4.78, 5) is 36.3. The van der Waals surface area contributed by atoms with Gasteiger partial charge in [-0.2, -0.15) is 0 Å². The summed E-state index contributed by atoms with van der Waals surface area (Å²) in [6.07, 6.45) is 1.46. The first-order valence-electron chi connectivity index (χ1n) is 11.4. The maximum absolute atomic E-state index is 13.8. The average molecular weight is 549 g/mol. The summed E-state index contributed by atoms with van der Waals surface area (Å²) in [6, 6.07) is 1.72. The van der Waals surface area contributed by atoms with Gasteiger partial charge in [-0.3, -0.25) is 0 Å². The highest BCUT2D eigenvalue weighted by atomic mass is 35.5. The third-order valence-corrected chi connectivity index (χ3v) is 7.78. The van der Waals surface area contributed by atoms with E-state index in [-0.39, 0.29) is 41.6 Å². The number of rotatable bonds is 11. The molecule has 0 saturated carbocycles. The minimum Gasteiger partial charge on any atom is -0.480 e. The van der Waals surface area contributed by atoms with Gasteiger partial charge >= 0.3 is 18.0 Å². The van der Waals surface area contributed by atoms with Gasteiger partial charge in [-0.25, -0.2) is 31.5 Å². The Morgan fingerprint density at radius 1 is 1.28 bits per heavy atom. The molecule has 1 amide bonds. The van der Waals surface area contributed by atoms with Crippen LogP contribution < -0.4 is 9.62 Å². The van der Waals surface area contributed by atoms with E-state index in [9.17, 15) is 32.3 Å². The maximum Gasteiger partial charge on any atom is 0.409 e. The molecule has 13 heteroatoms. The molecule has 2 atom stereocenters. The number of halogens is 2. The number of hydrogen-bond acceptors (Lipinski definition) is 7. The van der Waals surface area contributed by atoms with Crippen LogP contribution in [0.15, 0.2) is 29.8 Å². The van der Waals surface area contributed by atoms with Gasteiger partial charge in [0.15, 0.2) is 6.73 Å². The minimum atomic E-state index is -4.45. The third-order valence-electron chi connectivity index (χ3n) is 5.35. The Morgan fingerprint density at radius 3 is 2.56 bits per heavy atom. The highest BCUT2D eigenvalue weighted by molar-refractivity contribution is 7.93. The highest BCUT2D eigenvalue weighted by Gasteiger charge is 2.40. The van der Waals surface area contributed by atoms with Crippen LogP contribution in [0.1, 0.15) is 46.5 Å². The first-order chi connectivity index (χ1) is 16.9. The molecule has 0 spiro atoms. The van der Waals surface area contributed by atoms with E-state index in [1.54, 1.807) is 20.8 Å². The molecule has 0 radical (unpaired) electrons. The lowest BCUT2D eigenvalue weighted by Crippen LogP contribution is -2.46. The molecule has 1 aliphatic carbocycles.